The Morgan fingerprint density at radius 1 is 0.513 bits per heavy atom. The first kappa shape index (κ1) is 23.9. The zero-order valence-corrected chi connectivity index (χ0v) is 23.0. The first-order valence-corrected chi connectivity index (χ1v) is 14.1. The number of hydrogen-bond donors (Lipinski definition) is 0. The van der Waals surface area contributed by atoms with Crippen molar-refractivity contribution in [2.45, 2.75) is 33.0 Å². The van der Waals surface area contributed by atoms with Crippen LogP contribution in [0, 0.1) is 0 Å². The fourth-order valence-electron chi connectivity index (χ4n) is 6.57. The van der Waals surface area contributed by atoms with Crippen LogP contribution in [0.25, 0.3) is 54.9 Å². The maximum atomic E-state index is 2.46. The SMILES string of the molecule is CC(C)[N+]1(C)Cc2c(-c3ccccc3)cc3ccccc3c2-c2c(c(-c3ccccc3)cc3ccccc23)C1. The highest BCUT2D eigenvalue weighted by molar-refractivity contribution is 6.11. The van der Waals surface area contributed by atoms with E-state index in [1.54, 1.807) is 0 Å². The van der Waals surface area contributed by atoms with Crippen molar-refractivity contribution >= 4 is 21.5 Å². The van der Waals surface area contributed by atoms with E-state index in [1.807, 2.05) is 0 Å². The molecule has 0 aromatic heterocycles. The molecule has 0 bridgehead atoms. The van der Waals surface area contributed by atoms with Gasteiger partial charge < -0.3 is 4.48 Å². The Morgan fingerprint density at radius 2 is 0.897 bits per heavy atom. The van der Waals surface area contributed by atoms with Gasteiger partial charge in [0, 0.05) is 22.3 Å². The standard InChI is InChI=1S/C38H34N/c1-26(2)39(3)24-35-33(27-14-6-4-7-15-27)22-29-18-10-12-20-31(29)37(35)38-32-21-13-11-19-30(32)23-34(36(38)25-39)28-16-8-5-9-17-28/h4-23,26H,24-25H2,1-3H3/q+1. The Bertz CT molecular complexity index is 1700. The number of nitrogens with zero attached hydrogens (tertiary/aromatic N) is 1. The van der Waals surface area contributed by atoms with E-state index in [9.17, 15) is 0 Å². The molecule has 190 valence electrons. The summed E-state index contributed by atoms with van der Waals surface area (Å²) < 4.78 is 0.955. The zero-order valence-electron chi connectivity index (χ0n) is 23.0. The molecule has 6 aromatic carbocycles. The maximum Gasteiger partial charge on any atom is 0.106 e. The van der Waals surface area contributed by atoms with Gasteiger partial charge in [0.1, 0.15) is 13.1 Å². The number of rotatable bonds is 3. The van der Waals surface area contributed by atoms with Gasteiger partial charge in [-0.2, -0.15) is 0 Å². The van der Waals surface area contributed by atoms with Crippen LogP contribution in [-0.2, 0) is 13.1 Å². The van der Waals surface area contributed by atoms with Crippen molar-refractivity contribution in [3.05, 3.63) is 132 Å². The summed E-state index contributed by atoms with van der Waals surface area (Å²) in [6.07, 6.45) is 0. The van der Waals surface area contributed by atoms with Crippen LogP contribution in [0.5, 0.6) is 0 Å². The van der Waals surface area contributed by atoms with Gasteiger partial charge in [-0.1, -0.05) is 109 Å². The van der Waals surface area contributed by atoms with Crippen LogP contribution < -0.4 is 0 Å². The highest BCUT2D eigenvalue weighted by Gasteiger charge is 2.37. The molecule has 39 heavy (non-hydrogen) atoms. The summed E-state index contributed by atoms with van der Waals surface area (Å²) in [7, 11) is 2.46. The Kier molecular flexibility index (Phi) is 5.65. The molecule has 0 spiro atoms. The van der Waals surface area contributed by atoms with Crippen LogP contribution >= 0.6 is 0 Å². The summed E-state index contributed by atoms with van der Waals surface area (Å²) >= 11 is 0. The summed E-state index contributed by atoms with van der Waals surface area (Å²) in [5.74, 6) is 0. The van der Waals surface area contributed by atoms with Crippen LogP contribution in [0.4, 0.5) is 0 Å². The van der Waals surface area contributed by atoms with Gasteiger partial charge >= 0.3 is 0 Å². The first-order chi connectivity index (χ1) is 19.0. The topological polar surface area (TPSA) is 0 Å². The monoisotopic (exact) mass is 504 g/mol. The Morgan fingerprint density at radius 3 is 1.31 bits per heavy atom. The number of benzene rings is 6. The molecular weight excluding hydrogens is 470 g/mol. The van der Waals surface area contributed by atoms with Crippen LogP contribution in [0.2, 0.25) is 0 Å². The molecule has 0 N–H and O–H groups in total. The van der Waals surface area contributed by atoms with Crippen molar-refractivity contribution in [3.63, 3.8) is 0 Å². The minimum absolute atomic E-state index is 0.467. The third-order valence-corrected chi connectivity index (χ3v) is 9.02. The lowest BCUT2D eigenvalue weighted by Crippen LogP contribution is -2.47. The Labute approximate surface area is 231 Å². The second-order valence-corrected chi connectivity index (χ2v) is 11.6. The molecule has 1 aliphatic heterocycles. The molecule has 1 nitrogen and oxygen atoms in total. The minimum Gasteiger partial charge on any atom is -0.317 e. The van der Waals surface area contributed by atoms with E-state index in [1.165, 1.54) is 66.1 Å². The molecule has 0 fully saturated rings. The molecule has 0 atom stereocenters. The molecule has 0 amide bonds. The van der Waals surface area contributed by atoms with Gasteiger partial charge in [0.05, 0.1) is 13.1 Å². The lowest BCUT2D eigenvalue weighted by molar-refractivity contribution is -0.954. The van der Waals surface area contributed by atoms with Gasteiger partial charge in [-0.3, -0.25) is 0 Å². The third-order valence-electron chi connectivity index (χ3n) is 9.02. The second kappa shape index (κ2) is 9.22. The average molecular weight is 505 g/mol. The molecule has 0 aliphatic carbocycles. The van der Waals surface area contributed by atoms with Crippen molar-refractivity contribution in [2.75, 3.05) is 7.05 Å². The highest BCUT2D eigenvalue weighted by atomic mass is 15.3. The van der Waals surface area contributed by atoms with E-state index in [-0.39, 0.29) is 0 Å². The minimum atomic E-state index is 0.467. The Balaban J connectivity index is 1.72. The molecule has 6 aromatic rings. The largest absolute Gasteiger partial charge is 0.317 e. The lowest BCUT2D eigenvalue weighted by Gasteiger charge is -2.39. The quantitative estimate of drug-likeness (QED) is 0.210. The molecular formula is C38H34N+. The molecule has 0 unspecified atom stereocenters. The van der Waals surface area contributed by atoms with Gasteiger partial charge in [-0.05, 0) is 69.8 Å². The summed E-state index contributed by atoms with van der Waals surface area (Å²) in [6.45, 7) is 6.74. The Hall–Kier alpha value is -4.20. The summed E-state index contributed by atoms with van der Waals surface area (Å²) in [5, 5.41) is 5.30. The van der Waals surface area contributed by atoms with E-state index >= 15 is 0 Å². The molecule has 1 aliphatic rings. The smallest absolute Gasteiger partial charge is 0.106 e. The predicted octanol–water partition coefficient (Wildman–Crippen LogP) is 9.86. The van der Waals surface area contributed by atoms with Crippen LogP contribution in [0.3, 0.4) is 0 Å². The molecule has 7 rings (SSSR count). The first-order valence-electron chi connectivity index (χ1n) is 14.1. The van der Waals surface area contributed by atoms with Crippen molar-refractivity contribution in [3.8, 4) is 33.4 Å². The fourth-order valence-corrected chi connectivity index (χ4v) is 6.57. The van der Waals surface area contributed by atoms with Crippen LogP contribution in [0.1, 0.15) is 25.0 Å². The van der Waals surface area contributed by atoms with E-state index in [0.29, 0.717) is 6.04 Å². The van der Waals surface area contributed by atoms with E-state index in [2.05, 4.69) is 142 Å². The van der Waals surface area contributed by atoms with Gasteiger partial charge in [0.25, 0.3) is 0 Å². The van der Waals surface area contributed by atoms with Gasteiger partial charge in [0.2, 0.25) is 0 Å². The van der Waals surface area contributed by atoms with Gasteiger partial charge in [-0.25, -0.2) is 0 Å². The fraction of sp³-hybridized carbons (Fsp3) is 0.158. The van der Waals surface area contributed by atoms with Crippen LogP contribution in [-0.4, -0.2) is 17.6 Å². The molecule has 1 heteroatoms. The van der Waals surface area contributed by atoms with Crippen molar-refractivity contribution < 1.29 is 4.48 Å². The zero-order chi connectivity index (χ0) is 26.6. The normalized spacial score (nSPS) is 14.3. The number of fused-ring (bicyclic) bond motifs is 7. The van der Waals surface area contributed by atoms with Crippen LogP contribution in [0.15, 0.2) is 121 Å². The average Bonchev–Trinajstić information content (AvgIpc) is 3.12. The summed E-state index contributed by atoms with van der Waals surface area (Å²) in [4.78, 5) is 0. The van der Waals surface area contributed by atoms with E-state index < -0.39 is 0 Å². The molecule has 1 heterocycles. The van der Waals surface area contributed by atoms with Crippen molar-refractivity contribution in [2.24, 2.45) is 0 Å². The van der Waals surface area contributed by atoms with Crippen molar-refractivity contribution in [1.29, 1.82) is 0 Å². The molecule has 0 saturated heterocycles. The third kappa shape index (κ3) is 3.88. The summed E-state index contributed by atoms with van der Waals surface area (Å²) in [6, 6.07) is 45.3. The van der Waals surface area contributed by atoms with Gasteiger partial charge in [-0.15, -0.1) is 0 Å². The second-order valence-electron chi connectivity index (χ2n) is 11.6. The number of quaternary nitrogens is 1. The van der Waals surface area contributed by atoms with Gasteiger partial charge in [0.15, 0.2) is 0 Å². The molecule has 0 saturated carbocycles. The lowest BCUT2D eigenvalue weighted by atomic mass is 9.82. The maximum absolute atomic E-state index is 2.46. The predicted molar refractivity (Wildman–Crippen MR) is 166 cm³/mol. The number of hydrogen-bond acceptors (Lipinski definition) is 0. The molecule has 0 radical (unpaired) electrons. The van der Waals surface area contributed by atoms with E-state index in [0.717, 1.165) is 17.6 Å². The van der Waals surface area contributed by atoms with E-state index in [4.69, 9.17) is 0 Å². The summed E-state index contributed by atoms with van der Waals surface area (Å²) in [5.41, 5.74) is 11.1. The highest BCUT2D eigenvalue weighted by Crippen LogP contribution is 2.49. The van der Waals surface area contributed by atoms with Crippen molar-refractivity contribution in [1.82, 2.24) is 0 Å².